The highest BCUT2D eigenvalue weighted by Gasteiger charge is 2.22. The summed E-state index contributed by atoms with van der Waals surface area (Å²) in [5.74, 6) is -0.175. The fourth-order valence-corrected chi connectivity index (χ4v) is 3.03. The minimum absolute atomic E-state index is 0.259. The van der Waals surface area contributed by atoms with E-state index in [2.05, 4.69) is 0 Å². The van der Waals surface area contributed by atoms with Crippen molar-refractivity contribution in [1.29, 1.82) is 0 Å². The van der Waals surface area contributed by atoms with Crippen LogP contribution in [0.5, 0.6) is 0 Å². The van der Waals surface area contributed by atoms with Gasteiger partial charge in [-0.3, -0.25) is 9.11 Å². The molecule has 1 aliphatic rings. The highest BCUT2D eigenvalue weighted by molar-refractivity contribution is 8.24. The van der Waals surface area contributed by atoms with Gasteiger partial charge in [0.1, 0.15) is 0 Å². The van der Waals surface area contributed by atoms with E-state index in [0.717, 1.165) is 5.69 Å². The third-order valence-corrected chi connectivity index (χ3v) is 4.53. The predicted molar refractivity (Wildman–Crippen MR) is 68.2 cm³/mol. The van der Waals surface area contributed by atoms with Gasteiger partial charge in [0.2, 0.25) is 0 Å². The first kappa shape index (κ1) is 12.2. The Bertz CT molecular complexity index is 408. The fraction of sp³-hybridized carbons (Fsp3) is 0.364. The van der Waals surface area contributed by atoms with Crippen molar-refractivity contribution in [3.05, 3.63) is 29.8 Å². The van der Waals surface area contributed by atoms with Gasteiger partial charge in [0.05, 0.1) is 17.1 Å². The maximum absolute atomic E-state index is 10.7. The number of nitrogens with zero attached hydrogens (tertiary/aromatic N) is 1. The Hall–Kier alpha value is -1.24. The van der Waals surface area contributed by atoms with Crippen LogP contribution in [0.2, 0.25) is 0 Å². The monoisotopic (exact) mass is 257 g/mol. The third-order valence-electron chi connectivity index (χ3n) is 2.86. The minimum Gasteiger partial charge on any atom is -0.478 e. The van der Waals surface area contributed by atoms with E-state index in [1.807, 2.05) is 4.90 Å². The molecule has 0 atom stereocenters. The van der Waals surface area contributed by atoms with Crippen LogP contribution < -0.4 is 4.90 Å². The number of rotatable bonds is 2. The molecule has 0 saturated carbocycles. The standard InChI is InChI=1S/C11H15NO4S/c13-11(14)9-1-3-10(4-2-9)12-5-7-17(15,16)8-6-12/h1-4,15-16H,5-8H2,(H,13,14). The van der Waals surface area contributed by atoms with Crippen LogP contribution in [0.15, 0.2) is 24.3 Å². The number of anilines is 1. The van der Waals surface area contributed by atoms with Crippen molar-refractivity contribution >= 4 is 22.2 Å². The Kier molecular flexibility index (Phi) is 3.28. The molecule has 5 nitrogen and oxygen atoms in total. The van der Waals surface area contributed by atoms with Crippen LogP contribution in [-0.2, 0) is 0 Å². The molecular weight excluding hydrogens is 242 g/mol. The summed E-state index contributed by atoms with van der Waals surface area (Å²) in [6, 6.07) is 6.62. The lowest BCUT2D eigenvalue weighted by Gasteiger charge is -2.41. The van der Waals surface area contributed by atoms with Gasteiger partial charge in [0.15, 0.2) is 0 Å². The van der Waals surface area contributed by atoms with Crippen LogP contribution in [0.1, 0.15) is 10.4 Å². The van der Waals surface area contributed by atoms with Gasteiger partial charge in [-0.15, -0.1) is 0 Å². The van der Waals surface area contributed by atoms with E-state index in [9.17, 15) is 13.9 Å². The van der Waals surface area contributed by atoms with Gasteiger partial charge in [0.25, 0.3) is 0 Å². The number of carboxylic acids is 1. The van der Waals surface area contributed by atoms with Crippen LogP contribution in [0.3, 0.4) is 0 Å². The molecule has 1 aliphatic heterocycles. The number of hydrogen-bond acceptors (Lipinski definition) is 4. The summed E-state index contributed by atoms with van der Waals surface area (Å²) in [5, 5.41) is 8.78. The first-order valence-corrected chi connectivity index (χ1v) is 7.18. The molecule has 0 bridgehead atoms. The van der Waals surface area contributed by atoms with Crippen LogP contribution in [0.25, 0.3) is 0 Å². The summed E-state index contributed by atoms with van der Waals surface area (Å²) in [6.07, 6.45) is 0. The van der Waals surface area contributed by atoms with E-state index in [1.165, 1.54) is 0 Å². The maximum Gasteiger partial charge on any atom is 0.335 e. The molecule has 94 valence electrons. The van der Waals surface area contributed by atoms with Gasteiger partial charge >= 0.3 is 5.97 Å². The van der Waals surface area contributed by atoms with Gasteiger partial charge in [-0.1, -0.05) is 0 Å². The average Bonchev–Trinajstić information content (AvgIpc) is 2.29. The van der Waals surface area contributed by atoms with Gasteiger partial charge in [-0.25, -0.2) is 4.79 Å². The smallest absolute Gasteiger partial charge is 0.335 e. The normalized spacial score (nSPS) is 20.9. The number of carboxylic acid groups (broad SMARTS) is 1. The second kappa shape index (κ2) is 4.56. The van der Waals surface area contributed by atoms with Crippen molar-refractivity contribution in [1.82, 2.24) is 0 Å². The number of hydrogen-bond donors (Lipinski definition) is 3. The summed E-state index contributed by atoms with van der Waals surface area (Å²) in [7, 11) is -2.38. The highest BCUT2D eigenvalue weighted by atomic mass is 32.3. The van der Waals surface area contributed by atoms with Crippen LogP contribution >= 0.6 is 10.6 Å². The van der Waals surface area contributed by atoms with E-state index in [1.54, 1.807) is 24.3 Å². The van der Waals surface area contributed by atoms with E-state index < -0.39 is 16.6 Å². The van der Waals surface area contributed by atoms with E-state index >= 15 is 0 Å². The number of aromatic carboxylic acids is 1. The molecule has 1 aromatic carbocycles. The first-order chi connectivity index (χ1) is 7.98. The van der Waals surface area contributed by atoms with Crippen molar-refractivity contribution in [2.24, 2.45) is 0 Å². The van der Waals surface area contributed by atoms with Gasteiger partial charge < -0.3 is 10.0 Å². The third kappa shape index (κ3) is 2.91. The maximum atomic E-state index is 10.7. The average molecular weight is 257 g/mol. The fourth-order valence-electron chi connectivity index (χ4n) is 1.80. The van der Waals surface area contributed by atoms with E-state index in [4.69, 9.17) is 5.11 Å². The van der Waals surface area contributed by atoms with Gasteiger partial charge in [-0.2, -0.15) is 10.6 Å². The molecule has 3 N–H and O–H groups in total. The largest absolute Gasteiger partial charge is 0.478 e. The van der Waals surface area contributed by atoms with Crippen LogP contribution in [0, 0.1) is 0 Å². The zero-order valence-electron chi connectivity index (χ0n) is 9.24. The Morgan fingerprint density at radius 3 is 2.12 bits per heavy atom. The zero-order valence-corrected chi connectivity index (χ0v) is 10.1. The number of carbonyl (C=O) groups is 1. The molecule has 1 heterocycles. The highest BCUT2D eigenvalue weighted by Crippen LogP contribution is 2.41. The Balaban J connectivity index is 2.06. The number of benzene rings is 1. The lowest BCUT2D eigenvalue weighted by Crippen LogP contribution is -2.38. The molecule has 0 unspecified atom stereocenters. The second-order valence-corrected chi connectivity index (χ2v) is 6.47. The SMILES string of the molecule is O=C(O)c1ccc(N2CCS(O)(O)CC2)cc1. The van der Waals surface area contributed by atoms with Crippen molar-refractivity contribution in [2.75, 3.05) is 29.5 Å². The van der Waals surface area contributed by atoms with Crippen LogP contribution in [-0.4, -0.2) is 44.8 Å². The summed E-state index contributed by atoms with van der Waals surface area (Å²) < 4.78 is 19.0. The van der Waals surface area contributed by atoms with Gasteiger partial charge in [-0.05, 0) is 24.3 Å². The molecule has 6 heteroatoms. The summed E-state index contributed by atoms with van der Waals surface area (Å²) in [6.45, 7) is 1.18. The van der Waals surface area contributed by atoms with Crippen molar-refractivity contribution in [2.45, 2.75) is 0 Å². The quantitative estimate of drug-likeness (QED) is 0.754. The van der Waals surface area contributed by atoms with Crippen molar-refractivity contribution in [3.63, 3.8) is 0 Å². The second-order valence-electron chi connectivity index (χ2n) is 4.05. The topological polar surface area (TPSA) is 81.0 Å². The molecule has 17 heavy (non-hydrogen) atoms. The van der Waals surface area contributed by atoms with E-state index in [0.29, 0.717) is 24.6 Å². The van der Waals surface area contributed by atoms with Gasteiger partial charge in [0, 0.05) is 18.8 Å². The van der Waals surface area contributed by atoms with Crippen molar-refractivity contribution in [3.8, 4) is 0 Å². The molecule has 2 rings (SSSR count). The molecule has 0 radical (unpaired) electrons. The summed E-state index contributed by atoms with van der Waals surface area (Å²) in [4.78, 5) is 12.7. The molecular formula is C11H15NO4S. The van der Waals surface area contributed by atoms with Crippen LogP contribution in [0.4, 0.5) is 5.69 Å². The lowest BCUT2D eigenvalue weighted by atomic mass is 10.2. The molecule has 1 fully saturated rings. The molecule has 1 saturated heterocycles. The molecule has 0 spiro atoms. The Labute approximate surface area is 101 Å². The first-order valence-electron chi connectivity index (χ1n) is 5.30. The minimum atomic E-state index is -2.38. The molecule has 1 aromatic rings. The van der Waals surface area contributed by atoms with E-state index in [-0.39, 0.29) is 5.56 Å². The summed E-state index contributed by atoms with van der Waals surface area (Å²) in [5.41, 5.74) is 1.18. The van der Waals surface area contributed by atoms with Crippen molar-refractivity contribution < 1.29 is 19.0 Å². The lowest BCUT2D eigenvalue weighted by molar-refractivity contribution is 0.0697. The zero-order chi connectivity index (χ0) is 12.5. The molecule has 0 aromatic heterocycles. The Morgan fingerprint density at radius 2 is 1.65 bits per heavy atom. The predicted octanol–water partition coefficient (Wildman–Crippen LogP) is 1.96. The summed E-state index contributed by atoms with van der Waals surface area (Å²) >= 11 is 0. The Morgan fingerprint density at radius 1 is 1.12 bits per heavy atom. The molecule has 0 amide bonds. The molecule has 0 aliphatic carbocycles.